The van der Waals surface area contributed by atoms with E-state index in [0.717, 1.165) is 19.4 Å². The molecule has 0 bridgehead atoms. The summed E-state index contributed by atoms with van der Waals surface area (Å²) in [5, 5.41) is 0. The first-order valence-corrected chi connectivity index (χ1v) is 5.27. The summed E-state index contributed by atoms with van der Waals surface area (Å²) >= 11 is 0. The van der Waals surface area contributed by atoms with E-state index < -0.39 is 0 Å². The SMILES string of the molecule is CC(C)(C)N1CCC(N)CC1(C)C. The largest absolute Gasteiger partial charge is 0.328 e. The molecule has 1 unspecified atom stereocenters. The Morgan fingerprint density at radius 2 is 1.85 bits per heavy atom. The number of nitrogens with two attached hydrogens (primary N) is 1. The maximum atomic E-state index is 5.99. The molecule has 0 aromatic carbocycles. The molecule has 2 N–H and O–H groups in total. The van der Waals surface area contributed by atoms with E-state index in [1.165, 1.54) is 0 Å². The highest BCUT2D eigenvalue weighted by molar-refractivity contribution is 4.96. The molecule has 0 saturated carbocycles. The van der Waals surface area contributed by atoms with E-state index in [9.17, 15) is 0 Å². The second kappa shape index (κ2) is 3.25. The van der Waals surface area contributed by atoms with E-state index in [4.69, 9.17) is 5.73 Å². The van der Waals surface area contributed by atoms with E-state index in [1.807, 2.05) is 0 Å². The number of likely N-dealkylation sites (tertiary alicyclic amines) is 1. The lowest BCUT2D eigenvalue weighted by Crippen LogP contribution is -2.60. The Morgan fingerprint density at radius 1 is 1.31 bits per heavy atom. The van der Waals surface area contributed by atoms with E-state index >= 15 is 0 Å². The van der Waals surface area contributed by atoms with Crippen molar-refractivity contribution in [2.75, 3.05) is 6.54 Å². The second-order valence-corrected chi connectivity index (χ2v) is 5.89. The maximum absolute atomic E-state index is 5.99. The molecule has 1 aliphatic heterocycles. The van der Waals surface area contributed by atoms with Crippen molar-refractivity contribution in [3.8, 4) is 0 Å². The Hall–Kier alpha value is -0.0800. The Balaban J connectivity index is 2.76. The Kier molecular flexibility index (Phi) is 2.75. The van der Waals surface area contributed by atoms with Gasteiger partial charge in [-0.25, -0.2) is 0 Å². The monoisotopic (exact) mass is 184 g/mol. The van der Waals surface area contributed by atoms with Gasteiger partial charge in [0.05, 0.1) is 0 Å². The molecule has 1 atom stereocenters. The molecule has 1 heterocycles. The smallest absolute Gasteiger partial charge is 0.0173 e. The molecule has 1 saturated heterocycles. The lowest BCUT2D eigenvalue weighted by atomic mass is 9.83. The van der Waals surface area contributed by atoms with Crippen LogP contribution in [0.2, 0.25) is 0 Å². The highest BCUT2D eigenvalue weighted by atomic mass is 15.3. The Morgan fingerprint density at radius 3 is 2.23 bits per heavy atom. The van der Waals surface area contributed by atoms with Gasteiger partial charge in [0.15, 0.2) is 0 Å². The number of hydrogen-bond acceptors (Lipinski definition) is 2. The van der Waals surface area contributed by atoms with Crippen molar-refractivity contribution >= 4 is 0 Å². The molecular formula is C11H24N2. The zero-order valence-corrected chi connectivity index (χ0v) is 9.72. The van der Waals surface area contributed by atoms with Gasteiger partial charge in [0, 0.05) is 23.7 Å². The van der Waals surface area contributed by atoms with Crippen LogP contribution >= 0.6 is 0 Å². The summed E-state index contributed by atoms with van der Waals surface area (Å²) in [6.45, 7) is 12.6. The maximum Gasteiger partial charge on any atom is 0.0173 e. The van der Waals surface area contributed by atoms with Gasteiger partial charge in [0.1, 0.15) is 0 Å². The minimum Gasteiger partial charge on any atom is -0.328 e. The molecule has 0 aliphatic carbocycles. The van der Waals surface area contributed by atoms with Gasteiger partial charge >= 0.3 is 0 Å². The van der Waals surface area contributed by atoms with Crippen LogP contribution in [0.25, 0.3) is 0 Å². The molecule has 1 aliphatic rings. The number of hydrogen-bond donors (Lipinski definition) is 1. The third-order valence-corrected chi connectivity index (χ3v) is 3.03. The summed E-state index contributed by atoms with van der Waals surface area (Å²) in [6, 6.07) is 0.397. The van der Waals surface area contributed by atoms with Crippen LogP contribution in [0.1, 0.15) is 47.5 Å². The highest BCUT2D eigenvalue weighted by Crippen LogP contribution is 2.32. The van der Waals surface area contributed by atoms with Crippen molar-refractivity contribution in [3.05, 3.63) is 0 Å². The van der Waals surface area contributed by atoms with Crippen LogP contribution in [0.15, 0.2) is 0 Å². The van der Waals surface area contributed by atoms with Gasteiger partial charge in [-0.1, -0.05) is 0 Å². The van der Waals surface area contributed by atoms with Crippen LogP contribution in [0.4, 0.5) is 0 Å². The summed E-state index contributed by atoms with van der Waals surface area (Å²) in [5.74, 6) is 0. The molecule has 2 heteroatoms. The summed E-state index contributed by atoms with van der Waals surface area (Å²) in [6.07, 6.45) is 2.25. The van der Waals surface area contributed by atoms with E-state index in [0.29, 0.717) is 6.04 Å². The summed E-state index contributed by atoms with van der Waals surface area (Å²) < 4.78 is 0. The van der Waals surface area contributed by atoms with Crippen LogP contribution in [-0.4, -0.2) is 28.6 Å². The van der Waals surface area contributed by atoms with Crippen molar-refractivity contribution in [1.29, 1.82) is 0 Å². The van der Waals surface area contributed by atoms with Gasteiger partial charge < -0.3 is 5.73 Å². The number of rotatable bonds is 0. The molecule has 2 nitrogen and oxygen atoms in total. The zero-order valence-electron chi connectivity index (χ0n) is 9.72. The first kappa shape index (κ1) is 11.0. The fraction of sp³-hybridized carbons (Fsp3) is 1.00. The minimum atomic E-state index is 0.260. The first-order chi connectivity index (χ1) is 5.73. The number of piperidine rings is 1. The molecule has 1 fully saturated rings. The minimum absolute atomic E-state index is 0.260. The van der Waals surface area contributed by atoms with Gasteiger partial charge in [-0.2, -0.15) is 0 Å². The quantitative estimate of drug-likeness (QED) is 0.624. The van der Waals surface area contributed by atoms with Crippen LogP contribution in [0, 0.1) is 0 Å². The number of nitrogens with zero attached hydrogens (tertiary/aromatic N) is 1. The third-order valence-electron chi connectivity index (χ3n) is 3.03. The van der Waals surface area contributed by atoms with E-state index in [-0.39, 0.29) is 11.1 Å². The third kappa shape index (κ3) is 2.44. The van der Waals surface area contributed by atoms with Gasteiger partial charge in [0.2, 0.25) is 0 Å². The van der Waals surface area contributed by atoms with Gasteiger partial charge in [-0.3, -0.25) is 4.90 Å². The fourth-order valence-corrected chi connectivity index (χ4v) is 2.69. The highest BCUT2D eigenvalue weighted by Gasteiger charge is 2.38. The van der Waals surface area contributed by atoms with Crippen molar-refractivity contribution < 1.29 is 0 Å². The lowest BCUT2D eigenvalue weighted by Gasteiger charge is -2.51. The molecule has 13 heavy (non-hydrogen) atoms. The van der Waals surface area contributed by atoms with Gasteiger partial charge in [-0.15, -0.1) is 0 Å². The van der Waals surface area contributed by atoms with Crippen molar-refractivity contribution in [3.63, 3.8) is 0 Å². The van der Waals surface area contributed by atoms with E-state index in [2.05, 4.69) is 39.5 Å². The Labute approximate surface area is 82.5 Å². The van der Waals surface area contributed by atoms with Crippen molar-refractivity contribution in [1.82, 2.24) is 4.90 Å². The predicted molar refractivity (Wildman–Crippen MR) is 57.7 cm³/mol. The molecule has 0 amide bonds. The molecule has 1 rings (SSSR count). The van der Waals surface area contributed by atoms with Gasteiger partial charge in [0.25, 0.3) is 0 Å². The summed E-state index contributed by atoms with van der Waals surface area (Å²) in [7, 11) is 0. The van der Waals surface area contributed by atoms with Crippen LogP contribution < -0.4 is 5.73 Å². The van der Waals surface area contributed by atoms with E-state index in [1.54, 1.807) is 0 Å². The lowest BCUT2D eigenvalue weighted by molar-refractivity contribution is -0.00891. The standard InChI is InChI=1S/C11H24N2/c1-10(2,3)13-7-6-9(12)8-11(13,4)5/h9H,6-8,12H2,1-5H3. The predicted octanol–water partition coefficient (Wildman–Crippen LogP) is 1.99. The second-order valence-electron chi connectivity index (χ2n) is 5.89. The Bertz CT molecular complexity index is 179. The van der Waals surface area contributed by atoms with Crippen molar-refractivity contribution in [2.24, 2.45) is 5.73 Å². The van der Waals surface area contributed by atoms with Crippen molar-refractivity contribution in [2.45, 2.75) is 64.6 Å². The molecular weight excluding hydrogens is 160 g/mol. The van der Waals surface area contributed by atoms with Crippen LogP contribution in [0.5, 0.6) is 0 Å². The summed E-state index contributed by atoms with van der Waals surface area (Å²) in [5.41, 5.74) is 6.52. The normalized spacial score (nSPS) is 30.5. The molecule has 0 aromatic rings. The zero-order chi connectivity index (χ0) is 10.3. The first-order valence-electron chi connectivity index (χ1n) is 5.27. The average molecular weight is 184 g/mol. The fourth-order valence-electron chi connectivity index (χ4n) is 2.69. The summed E-state index contributed by atoms with van der Waals surface area (Å²) in [4.78, 5) is 2.57. The molecule has 0 aromatic heterocycles. The van der Waals surface area contributed by atoms with Gasteiger partial charge in [-0.05, 0) is 47.5 Å². The van der Waals surface area contributed by atoms with Crippen LogP contribution in [-0.2, 0) is 0 Å². The topological polar surface area (TPSA) is 29.3 Å². The average Bonchev–Trinajstić information content (AvgIpc) is 1.79. The molecule has 0 spiro atoms. The molecule has 0 radical (unpaired) electrons. The molecule has 78 valence electrons. The van der Waals surface area contributed by atoms with Crippen LogP contribution in [0.3, 0.4) is 0 Å².